The third kappa shape index (κ3) is 6.54. The maximum Gasteiger partial charge on any atom is 0.222 e. The number of fused-ring (bicyclic) bond motifs is 1. The number of hydrogen-bond donors (Lipinski definition) is 2. The fourth-order valence-corrected chi connectivity index (χ4v) is 4.77. The fourth-order valence-electron chi connectivity index (χ4n) is 4.77. The Morgan fingerprint density at radius 1 is 1.12 bits per heavy atom. The molecule has 2 aliphatic heterocycles. The van der Waals surface area contributed by atoms with Gasteiger partial charge in [0.2, 0.25) is 5.91 Å². The third-order valence-electron chi connectivity index (χ3n) is 6.40. The monoisotopic (exact) mass is 454 g/mol. The second kappa shape index (κ2) is 11.6. The lowest BCUT2D eigenvalue weighted by Crippen LogP contribution is -2.55. The van der Waals surface area contributed by atoms with Gasteiger partial charge >= 0.3 is 0 Å². The average Bonchev–Trinajstić information content (AvgIpc) is 2.82. The lowest BCUT2D eigenvalue weighted by molar-refractivity contribution is -0.158. The summed E-state index contributed by atoms with van der Waals surface area (Å²) in [5.74, 6) is 0.731. The largest absolute Gasteiger partial charge is 0.496 e. The summed E-state index contributed by atoms with van der Waals surface area (Å²) in [6, 6.07) is 18.1. The number of amides is 1. The number of aliphatic hydroxyl groups excluding tert-OH is 1. The zero-order chi connectivity index (χ0) is 23.0. The summed E-state index contributed by atoms with van der Waals surface area (Å²) in [5.41, 5.74) is 2.16. The van der Waals surface area contributed by atoms with E-state index in [1.54, 1.807) is 7.11 Å². The zero-order valence-electron chi connectivity index (χ0n) is 19.2. The van der Waals surface area contributed by atoms with Gasteiger partial charge in [-0.1, -0.05) is 48.5 Å². The minimum absolute atomic E-state index is 0.0346. The Morgan fingerprint density at radius 2 is 1.91 bits per heavy atom. The molecule has 33 heavy (non-hydrogen) atoms. The summed E-state index contributed by atoms with van der Waals surface area (Å²) >= 11 is 0. The molecular weight excluding hydrogens is 420 g/mol. The van der Waals surface area contributed by atoms with E-state index >= 15 is 0 Å². The third-order valence-corrected chi connectivity index (χ3v) is 6.40. The van der Waals surface area contributed by atoms with Crippen LogP contribution in [0.25, 0.3) is 0 Å². The molecule has 0 bridgehead atoms. The molecule has 2 aromatic rings. The number of ether oxygens (including phenoxy) is 3. The summed E-state index contributed by atoms with van der Waals surface area (Å²) in [6.45, 7) is 2.44. The van der Waals surface area contributed by atoms with E-state index in [1.807, 2.05) is 42.5 Å². The number of methoxy groups -OCH3 is 1. The molecule has 0 radical (unpaired) electrons. The molecule has 0 saturated carbocycles. The number of hydrogen-bond acceptors (Lipinski definition) is 6. The lowest BCUT2D eigenvalue weighted by Gasteiger charge is -2.44. The van der Waals surface area contributed by atoms with E-state index < -0.39 is 6.10 Å². The highest BCUT2D eigenvalue weighted by Crippen LogP contribution is 2.29. The number of β-amino-alcohol motifs (C(OH)–C–C–N with tert-alkyl or cyclic N) is 1. The Bertz CT molecular complexity index is 893. The normalized spacial score (nSPS) is 26.0. The van der Waals surface area contributed by atoms with Gasteiger partial charge in [-0.25, -0.2) is 0 Å². The SMILES string of the molecule is COc1ccccc1CNC(=O)C[C@@H]1CC[C@@H]2[C@H](COC[C@@H](O)CN2Cc2ccccc2)O1. The summed E-state index contributed by atoms with van der Waals surface area (Å²) < 4.78 is 17.4. The highest BCUT2D eigenvalue weighted by Gasteiger charge is 2.38. The molecule has 7 heteroatoms. The molecule has 178 valence electrons. The molecule has 0 spiro atoms. The van der Waals surface area contributed by atoms with E-state index in [9.17, 15) is 9.90 Å². The lowest BCUT2D eigenvalue weighted by atomic mass is 9.94. The van der Waals surface area contributed by atoms with Crippen molar-refractivity contribution in [2.45, 2.75) is 56.7 Å². The molecular formula is C26H34N2O5. The van der Waals surface area contributed by atoms with E-state index in [0.29, 0.717) is 32.7 Å². The minimum atomic E-state index is -0.520. The molecule has 2 aromatic carbocycles. The van der Waals surface area contributed by atoms with Crippen LogP contribution in [0, 0.1) is 0 Å². The number of para-hydroxylation sites is 1. The molecule has 2 heterocycles. The van der Waals surface area contributed by atoms with Crippen LogP contribution < -0.4 is 10.1 Å². The van der Waals surface area contributed by atoms with Crippen LogP contribution in [-0.2, 0) is 27.4 Å². The zero-order valence-corrected chi connectivity index (χ0v) is 19.2. The van der Waals surface area contributed by atoms with Gasteiger partial charge in [0.15, 0.2) is 0 Å². The maximum absolute atomic E-state index is 12.6. The van der Waals surface area contributed by atoms with Crippen LogP contribution in [-0.4, -0.2) is 67.1 Å². The first-order valence-corrected chi connectivity index (χ1v) is 11.7. The number of nitrogens with zero attached hydrogens (tertiary/aromatic N) is 1. The van der Waals surface area contributed by atoms with Crippen LogP contribution >= 0.6 is 0 Å². The average molecular weight is 455 g/mol. The molecule has 0 aliphatic carbocycles. The topological polar surface area (TPSA) is 80.3 Å². The van der Waals surface area contributed by atoms with Crippen molar-refractivity contribution in [3.63, 3.8) is 0 Å². The molecule has 2 fully saturated rings. The van der Waals surface area contributed by atoms with Gasteiger partial charge in [0.25, 0.3) is 0 Å². The first-order chi connectivity index (χ1) is 16.1. The number of carbonyl (C=O) groups is 1. The van der Waals surface area contributed by atoms with Crippen molar-refractivity contribution in [1.29, 1.82) is 0 Å². The van der Waals surface area contributed by atoms with Gasteiger partial charge in [0, 0.05) is 31.2 Å². The van der Waals surface area contributed by atoms with Crippen LogP contribution in [0.4, 0.5) is 0 Å². The molecule has 7 nitrogen and oxygen atoms in total. The van der Waals surface area contributed by atoms with Crippen LogP contribution in [0.5, 0.6) is 5.75 Å². The van der Waals surface area contributed by atoms with Gasteiger partial charge in [-0.2, -0.15) is 0 Å². The van der Waals surface area contributed by atoms with Gasteiger partial charge in [0.05, 0.1) is 45.1 Å². The Morgan fingerprint density at radius 3 is 2.73 bits per heavy atom. The Hall–Kier alpha value is -2.45. The van der Waals surface area contributed by atoms with Crippen molar-refractivity contribution in [3.05, 3.63) is 65.7 Å². The fraction of sp³-hybridized carbons (Fsp3) is 0.500. The maximum atomic E-state index is 12.6. The Labute approximate surface area is 195 Å². The first-order valence-electron chi connectivity index (χ1n) is 11.7. The molecule has 2 saturated heterocycles. The van der Waals surface area contributed by atoms with Gasteiger partial charge in [-0.15, -0.1) is 0 Å². The van der Waals surface area contributed by atoms with E-state index in [0.717, 1.165) is 30.7 Å². The summed E-state index contributed by atoms with van der Waals surface area (Å²) in [5, 5.41) is 13.3. The van der Waals surface area contributed by atoms with Crippen molar-refractivity contribution < 1.29 is 24.1 Å². The van der Waals surface area contributed by atoms with Crippen molar-refractivity contribution in [2.75, 3.05) is 26.9 Å². The summed E-state index contributed by atoms with van der Waals surface area (Å²) in [7, 11) is 1.63. The summed E-state index contributed by atoms with van der Waals surface area (Å²) in [6.07, 6.45) is 1.23. The number of rotatable bonds is 7. The minimum Gasteiger partial charge on any atom is -0.496 e. The first kappa shape index (κ1) is 23.7. The number of benzene rings is 2. The van der Waals surface area contributed by atoms with Crippen LogP contribution in [0.15, 0.2) is 54.6 Å². The molecule has 0 unspecified atom stereocenters. The standard InChI is InChI=1S/C26H34N2O5/c1-31-24-10-6-5-9-20(24)14-27-26(30)13-22-11-12-23-25(33-22)18-32-17-21(29)16-28(23)15-19-7-3-2-4-8-19/h2-10,21-23,25,29H,11-18H2,1H3,(H,27,30)/t21-,22-,23+,25-/m0/s1. The second-order valence-corrected chi connectivity index (χ2v) is 8.84. The summed E-state index contributed by atoms with van der Waals surface area (Å²) in [4.78, 5) is 14.9. The number of aliphatic hydroxyl groups is 1. The van der Waals surface area contributed by atoms with Gasteiger partial charge in [-0.05, 0) is 24.5 Å². The quantitative estimate of drug-likeness (QED) is 0.669. The smallest absolute Gasteiger partial charge is 0.222 e. The number of nitrogens with one attached hydrogen (secondary N) is 1. The number of carbonyl (C=O) groups excluding carboxylic acids is 1. The molecule has 1 amide bonds. The van der Waals surface area contributed by atoms with Crippen LogP contribution in [0.3, 0.4) is 0 Å². The highest BCUT2D eigenvalue weighted by atomic mass is 16.5. The van der Waals surface area contributed by atoms with E-state index in [-0.39, 0.29) is 24.2 Å². The Kier molecular flexibility index (Phi) is 8.34. The van der Waals surface area contributed by atoms with Crippen molar-refractivity contribution >= 4 is 5.91 Å². The van der Waals surface area contributed by atoms with E-state index in [4.69, 9.17) is 14.2 Å². The predicted molar refractivity (Wildman–Crippen MR) is 125 cm³/mol. The molecule has 2 N–H and O–H groups in total. The molecule has 4 rings (SSSR count). The van der Waals surface area contributed by atoms with Crippen molar-refractivity contribution in [3.8, 4) is 5.75 Å². The van der Waals surface area contributed by atoms with E-state index in [1.165, 1.54) is 5.56 Å². The van der Waals surface area contributed by atoms with E-state index in [2.05, 4.69) is 22.3 Å². The van der Waals surface area contributed by atoms with Crippen LogP contribution in [0.1, 0.15) is 30.4 Å². The molecule has 2 aliphatic rings. The molecule has 4 atom stereocenters. The Balaban J connectivity index is 1.34. The van der Waals surface area contributed by atoms with Gasteiger partial charge in [-0.3, -0.25) is 9.69 Å². The van der Waals surface area contributed by atoms with Crippen molar-refractivity contribution in [1.82, 2.24) is 10.2 Å². The van der Waals surface area contributed by atoms with Gasteiger partial charge in [0.1, 0.15) is 5.75 Å². The second-order valence-electron chi connectivity index (χ2n) is 8.84. The van der Waals surface area contributed by atoms with Gasteiger partial charge < -0.3 is 24.6 Å². The van der Waals surface area contributed by atoms with Crippen molar-refractivity contribution in [2.24, 2.45) is 0 Å². The highest BCUT2D eigenvalue weighted by molar-refractivity contribution is 5.76. The predicted octanol–water partition coefficient (Wildman–Crippen LogP) is 2.51. The van der Waals surface area contributed by atoms with Crippen LogP contribution in [0.2, 0.25) is 0 Å². The molecule has 0 aromatic heterocycles.